The van der Waals surface area contributed by atoms with Gasteiger partial charge in [0, 0.05) is 50.0 Å². The first kappa shape index (κ1) is 11.7. The van der Waals surface area contributed by atoms with Crippen LogP contribution in [0.5, 0.6) is 0 Å². The van der Waals surface area contributed by atoms with Gasteiger partial charge in [0.05, 0.1) is 0 Å². The summed E-state index contributed by atoms with van der Waals surface area (Å²) in [6.07, 6.45) is 1.39. The Bertz CT molecular complexity index is 381. The molecule has 0 radical (unpaired) electrons. The lowest BCUT2D eigenvalue weighted by Crippen LogP contribution is -2.53. The molecule has 2 N–H and O–H groups in total. The molecule has 1 aliphatic rings. The summed E-state index contributed by atoms with van der Waals surface area (Å²) in [5.74, 6) is -2.55. The molecule has 3 nitrogen and oxygen atoms in total. The fraction of sp³-hybridized carbons (Fsp3) is 0.700. The van der Waals surface area contributed by atoms with E-state index >= 15 is 0 Å². The predicted octanol–water partition coefficient (Wildman–Crippen LogP) is 1.83. The highest BCUT2D eigenvalue weighted by Crippen LogP contribution is 2.54. The number of hydrogen-bond acceptors (Lipinski definition) is 4. The first-order valence-corrected chi connectivity index (χ1v) is 5.92. The van der Waals surface area contributed by atoms with E-state index in [2.05, 4.69) is 4.98 Å². The fourth-order valence-corrected chi connectivity index (χ4v) is 3.11. The lowest BCUT2D eigenvalue weighted by atomic mass is 9.65. The zero-order valence-corrected chi connectivity index (χ0v) is 10.2. The largest absolute Gasteiger partial charge is 0.354 e. The van der Waals surface area contributed by atoms with Gasteiger partial charge in [-0.2, -0.15) is 0 Å². The normalized spacial score (nSPS) is 21.6. The van der Waals surface area contributed by atoms with Crippen molar-refractivity contribution < 1.29 is 8.78 Å². The minimum atomic E-state index is -2.55. The molecule has 1 aliphatic carbocycles. The lowest BCUT2D eigenvalue weighted by Gasteiger charge is -2.45. The summed E-state index contributed by atoms with van der Waals surface area (Å²) < 4.78 is 26.0. The Labute approximate surface area is 97.3 Å². The molecule has 1 heterocycles. The molecule has 0 aliphatic heterocycles. The maximum absolute atomic E-state index is 13.0. The van der Waals surface area contributed by atoms with Crippen molar-refractivity contribution in [2.45, 2.75) is 24.2 Å². The molecule has 0 saturated heterocycles. The third-order valence-corrected chi connectivity index (χ3v) is 4.39. The van der Waals surface area contributed by atoms with Gasteiger partial charge in [-0.25, -0.2) is 13.8 Å². The number of thiazole rings is 1. The van der Waals surface area contributed by atoms with E-state index in [0.717, 1.165) is 10.0 Å². The van der Waals surface area contributed by atoms with Gasteiger partial charge in [-0.3, -0.25) is 0 Å². The Balaban J connectivity index is 2.22. The number of rotatable bonds is 3. The molecule has 0 bridgehead atoms. The van der Waals surface area contributed by atoms with Crippen molar-refractivity contribution in [1.82, 2.24) is 4.98 Å². The Morgan fingerprint density at radius 2 is 2.12 bits per heavy atom. The van der Waals surface area contributed by atoms with Crippen molar-refractivity contribution in [3.63, 3.8) is 0 Å². The molecule has 0 amide bonds. The van der Waals surface area contributed by atoms with Gasteiger partial charge in [-0.1, -0.05) is 0 Å². The van der Waals surface area contributed by atoms with Crippen molar-refractivity contribution in [3.05, 3.63) is 11.1 Å². The van der Waals surface area contributed by atoms with Gasteiger partial charge >= 0.3 is 0 Å². The second-order valence-corrected chi connectivity index (χ2v) is 5.60. The molecule has 6 heteroatoms. The first-order chi connectivity index (χ1) is 7.38. The average Bonchev–Trinajstić information content (AvgIpc) is 2.62. The molecule has 1 saturated carbocycles. The van der Waals surface area contributed by atoms with Crippen LogP contribution in [0.4, 0.5) is 13.9 Å². The molecule has 0 spiro atoms. The molecule has 1 fully saturated rings. The standard InChI is InChI=1S/C10H15F2N3S/c1-15(2)8-14-3-7(16-8)9(6-13)4-10(11,12)5-9/h3H,4-6,13H2,1-2H3. The van der Waals surface area contributed by atoms with Crippen molar-refractivity contribution in [3.8, 4) is 0 Å². The van der Waals surface area contributed by atoms with E-state index < -0.39 is 11.3 Å². The van der Waals surface area contributed by atoms with Gasteiger partial charge in [0.15, 0.2) is 5.13 Å². The van der Waals surface area contributed by atoms with Crippen LogP contribution in [0.25, 0.3) is 0 Å². The van der Waals surface area contributed by atoms with Gasteiger partial charge in [-0.15, -0.1) is 11.3 Å². The van der Waals surface area contributed by atoms with Crippen LogP contribution in [-0.4, -0.2) is 31.5 Å². The number of anilines is 1. The zero-order valence-electron chi connectivity index (χ0n) is 9.33. The molecule has 0 atom stereocenters. The van der Waals surface area contributed by atoms with E-state index in [1.165, 1.54) is 11.3 Å². The molecule has 2 rings (SSSR count). The molecule has 0 unspecified atom stereocenters. The van der Waals surface area contributed by atoms with E-state index in [9.17, 15) is 8.78 Å². The van der Waals surface area contributed by atoms with E-state index in [0.29, 0.717) is 0 Å². The zero-order chi connectivity index (χ0) is 12.0. The van der Waals surface area contributed by atoms with Crippen LogP contribution in [0.1, 0.15) is 17.7 Å². The van der Waals surface area contributed by atoms with E-state index in [1.807, 2.05) is 19.0 Å². The highest BCUT2D eigenvalue weighted by molar-refractivity contribution is 7.15. The van der Waals surface area contributed by atoms with Crippen molar-refractivity contribution >= 4 is 16.5 Å². The first-order valence-electron chi connectivity index (χ1n) is 5.10. The van der Waals surface area contributed by atoms with Crippen molar-refractivity contribution in [2.75, 3.05) is 25.5 Å². The summed E-state index contributed by atoms with van der Waals surface area (Å²) in [5.41, 5.74) is 5.09. The minimum Gasteiger partial charge on any atom is -0.354 e. The van der Waals surface area contributed by atoms with Gasteiger partial charge in [-0.05, 0) is 0 Å². The fourth-order valence-electron chi connectivity index (χ4n) is 2.07. The van der Waals surface area contributed by atoms with E-state index in [4.69, 9.17) is 5.73 Å². The summed E-state index contributed by atoms with van der Waals surface area (Å²) in [5, 5.41) is 0.832. The molecule has 90 valence electrons. The van der Waals surface area contributed by atoms with E-state index in [1.54, 1.807) is 6.20 Å². The van der Waals surface area contributed by atoms with Gasteiger partial charge in [0.2, 0.25) is 5.92 Å². The summed E-state index contributed by atoms with van der Waals surface area (Å²) in [6.45, 7) is 0.262. The summed E-state index contributed by atoms with van der Waals surface area (Å²) in [4.78, 5) is 6.95. The van der Waals surface area contributed by atoms with E-state index in [-0.39, 0.29) is 19.4 Å². The molecule has 1 aromatic rings. The number of nitrogens with zero attached hydrogens (tertiary/aromatic N) is 2. The average molecular weight is 247 g/mol. The maximum Gasteiger partial charge on any atom is 0.250 e. The third kappa shape index (κ3) is 1.80. The topological polar surface area (TPSA) is 42.2 Å². The lowest BCUT2D eigenvalue weighted by molar-refractivity contribution is -0.122. The monoisotopic (exact) mass is 247 g/mol. The summed E-state index contributed by atoms with van der Waals surface area (Å²) in [6, 6.07) is 0. The van der Waals surface area contributed by atoms with Crippen LogP contribution in [0, 0.1) is 0 Å². The Morgan fingerprint density at radius 3 is 2.50 bits per heavy atom. The number of aromatic nitrogens is 1. The van der Waals surface area contributed by atoms with Crippen LogP contribution in [0.3, 0.4) is 0 Å². The van der Waals surface area contributed by atoms with Crippen LogP contribution in [-0.2, 0) is 5.41 Å². The van der Waals surface area contributed by atoms with Crippen LogP contribution < -0.4 is 10.6 Å². The van der Waals surface area contributed by atoms with Crippen molar-refractivity contribution in [2.24, 2.45) is 5.73 Å². The molecule has 16 heavy (non-hydrogen) atoms. The number of hydrogen-bond donors (Lipinski definition) is 1. The van der Waals surface area contributed by atoms with Crippen LogP contribution in [0.15, 0.2) is 6.20 Å². The Morgan fingerprint density at radius 1 is 1.50 bits per heavy atom. The smallest absolute Gasteiger partial charge is 0.250 e. The Kier molecular flexibility index (Phi) is 2.66. The van der Waals surface area contributed by atoms with Gasteiger partial charge in [0.1, 0.15) is 0 Å². The van der Waals surface area contributed by atoms with Crippen LogP contribution in [0.2, 0.25) is 0 Å². The van der Waals surface area contributed by atoms with Gasteiger partial charge < -0.3 is 10.6 Å². The molecular formula is C10H15F2N3S. The quantitative estimate of drug-likeness (QED) is 0.886. The molecule has 0 aromatic carbocycles. The van der Waals surface area contributed by atoms with Crippen LogP contribution >= 0.6 is 11.3 Å². The second kappa shape index (κ2) is 3.63. The number of nitrogens with two attached hydrogens (primary N) is 1. The maximum atomic E-state index is 13.0. The SMILES string of the molecule is CN(C)c1ncc(C2(CN)CC(F)(F)C2)s1. The highest BCUT2D eigenvalue weighted by atomic mass is 32.1. The van der Waals surface area contributed by atoms with Crippen molar-refractivity contribution in [1.29, 1.82) is 0 Å². The Hall–Kier alpha value is -0.750. The number of halogens is 2. The molecular weight excluding hydrogens is 232 g/mol. The molecule has 1 aromatic heterocycles. The third-order valence-electron chi connectivity index (χ3n) is 2.98. The highest BCUT2D eigenvalue weighted by Gasteiger charge is 2.57. The summed E-state index contributed by atoms with van der Waals surface area (Å²) >= 11 is 1.45. The summed E-state index contributed by atoms with van der Waals surface area (Å²) in [7, 11) is 3.76. The second-order valence-electron chi connectivity index (χ2n) is 4.60. The van der Waals surface area contributed by atoms with Gasteiger partial charge in [0.25, 0.3) is 0 Å². The number of alkyl halides is 2. The predicted molar refractivity (Wildman–Crippen MR) is 61.4 cm³/mol. The minimum absolute atomic E-state index is 0.147.